The number of hydrogen-bond donors (Lipinski definition) is 1. The number of nitrogens with zero attached hydrogens (tertiary/aromatic N) is 2. The Labute approximate surface area is 131 Å². The average Bonchev–Trinajstić information content (AvgIpc) is 2.35. The molecule has 19 heavy (non-hydrogen) atoms. The molecule has 2 rings (SSSR count). The number of anilines is 1. The number of aromatic nitrogens is 2. The van der Waals surface area contributed by atoms with E-state index >= 15 is 0 Å². The summed E-state index contributed by atoms with van der Waals surface area (Å²) in [7, 11) is -3.75. The van der Waals surface area contributed by atoms with Gasteiger partial charge in [-0.15, -0.1) is 10.2 Å². The van der Waals surface area contributed by atoms with E-state index in [0.29, 0.717) is 8.95 Å². The van der Waals surface area contributed by atoms with Crippen LogP contribution < -0.4 is 4.72 Å². The largest absolute Gasteiger partial charge is 0.264 e. The molecule has 2 aromatic rings. The van der Waals surface area contributed by atoms with Crippen LogP contribution in [0.15, 0.2) is 44.2 Å². The lowest BCUT2D eigenvalue weighted by atomic mass is 10.4. The van der Waals surface area contributed by atoms with Crippen molar-refractivity contribution in [2.75, 3.05) is 4.72 Å². The summed E-state index contributed by atoms with van der Waals surface area (Å²) < 4.78 is 27.8. The van der Waals surface area contributed by atoms with Gasteiger partial charge < -0.3 is 0 Å². The number of halogens is 3. The van der Waals surface area contributed by atoms with E-state index in [0.717, 1.165) is 0 Å². The molecule has 0 atom stereocenters. The molecule has 100 valence electrons. The minimum absolute atomic E-state index is 0.0938. The van der Waals surface area contributed by atoms with Crippen molar-refractivity contribution in [3.8, 4) is 0 Å². The Hall–Kier alpha value is -0.700. The molecule has 0 aliphatic heterocycles. The molecular formula is C10H6Br2ClN3O2S. The maximum atomic E-state index is 12.2. The second-order valence-electron chi connectivity index (χ2n) is 3.42. The van der Waals surface area contributed by atoms with E-state index in [2.05, 4.69) is 46.8 Å². The molecule has 1 N–H and O–H groups in total. The third-order valence-corrected chi connectivity index (χ3v) is 5.10. The molecule has 1 heterocycles. The second kappa shape index (κ2) is 5.74. The van der Waals surface area contributed by atoms with Gasteiger partial charge in [-0.1, -0.05) is 27.5 Å². The van der Waals surface area contributed by atoms with E-state index in [1.165, 1.54) is 18.2 Å². The standard InChI is InChI=1S/C10H6Br2ClN3O2S/c11-6-1-2-7(12)8(5-6)19(17,18)16-10-4-3-9(13)14-15-10/h1-5H,(H,15,16). The molecule has 0 fully saturated rings. The molecular weight excluding hydrogens is 421 g/mol. The third kappa shape index (κ3) is 3.65. The van der Waals surface area contributed by atoms with Crippen LogP contribution in [0.5, 0.6) is 0 Å². The van der Waals surface area contributed by atoms with Crippen LogP contribution in [0, 0.1) is 0 Å². The van der Waals surface area contributed by atoms with Crippen LogP contribution in [0.1, 0.15) is 0 Å². The molecule has 0 aliphatic carbocycles. The van der Waals surface area contributed by atoms with Crippen molar-refractivity contribution in [1.82, 2.24) is 10.2 Å². The SMILES string of the molecule is O=S(=O)(Nc1ccc(Cl)nn1)c1cc(Br)ccc1Br. The van der Waals surface area contributed by atoms with Crippen molar-refractivity contribution < 1.29 is 8.42 Å². The summed E-state index contributed by atoms with van der Waals surface area (Å²) in [6, 6.07) is 7.72. The molecule has 0 amide bonds. The van der Waals surface area contributed by atoms with Crippen LogP contribution in [0.4, 0.5) is 5.82 Å². The van der Waals surface area contributed by atoms with Gasteiger partial charge in [-0.25, -0.2) is 8.42 Å². The summed E-state index contributed by atoms with van der Waals surface area (Å²) in [6.45, 7) is 0. The molecule has 5 nitrogen and oxygen atoms in total. The maximum absolute atomic E-state index is 12.2. The molecule has 0 saturated heterocycles. The van der Waals surface area contributed by atoms with Crippen molar-refractivity contribution in [3.05, 3.63) is 44.4 Å². The number of benzene rings is 1. The first-order valence-electron chi connectivity index (χ1n) is 4.85. The van der Waals surface area contributed by atoms with Crippen LogP contribution in [-0.4, -0.2) is 18.6 Å². The summed E-state index contributed by atoms with van der Waals surface area (Å²) in [5, 5.41) is 7.39. The maximum Gasteiger partial charge on any atom is 0.264 e. The summed E-state index contributed by atoms with van der Waals surface area (Å²) in [5.74, 6) is 0.0938. The molecule has 0 spiro atoms. The van der Waals surface area contributed by atoms with Crippen molar-refractivity contribution in [2.45, 2.75) is 4.90 Å². The Balaban J connectivity index is 2.37. The van der Waals surface area contributed by atoms with Gasteiger partial charge in [0.05, 0.1) is 0 Å². The van der Waals surface area contributed by atoms with Crippen LogP contribution in [-0.2, 0) is 10.0 Å². The molecule has 1 aromatic heterocycles. The average molecular weight is 428 g/mol. The number of rotatable bonds is 3. The van der Waals surface area contributed by atoms with E-state index < -0.39 is 10.0 Å². The van der Waals surface area contributed by atoms with E-state index in [4.69, 9.17) is 11.6 Å². The van der Waals surface area contributed by atoms with Crippen molar-refractivity contribution >= 4 is 59.3 Å². The lowest BCUT2D eigenvalue weighted by Crippen LogP contribution is -2.14. The van der Waals surface area contributed by atoms with E-state index in [9.17, 15) is 8.42 Å². The van der Waals surface area contributed by atoms with Gasteiger partial charge in [0, 0.05) is 8.95 Å². The van der Waals surface area contributed by atoms with Crippen LogP contribution >= 0.6 is 43.5 Å². The smallest absolute Gasteiger partial charge is 0.262 e. The summed E-state index contributed by atoms with van der Waals surface area (Å²) in [4.78, 5) is 0.0959. The Morgan fingerprint density at radius 3 is 2.47 bits per heavy atom. The van der Waals surface area contributed by atoms with Gasteiger partial charge in [0.15, 0.2) is 11.0 Å². The van der Waals surface area contributed by atoms with E-state index in [1.807, 2.05) is 0 Å². The highest BCUT2D eigenvalue weighted by atomic mass is 79.9. The Morgan fingerprint density at radius 1 is 1.11 bits per heavy atom. The Morgan fingerprint density at radius 2 is 1.84 bits per heavy atom. The first-order valence-corrected chi connectivity index (χ1v) is 8.30. The lowest BCUT2D eigenvalue weighted by molar-refractivity contribution is 0.600. The fourth-order valence-electron chi connectivity index (χ4n) is 1.25. The zero-order valence-electron chi connectivity index (χ0n) is 9.14. The number of hydrogen-bond acceptors (Lipinski definition) is 4. The molecule has 0 radical (unpaired) electrons. The second-order valence-corrected chi connectivity index (χ2v) is 7.23. The predicted molar refractivity (Wildman–Crippen MR) is 79.7 cm³/mol. The summed E-state index contributed by atoms with van der Waals surface area (Å²) in [5.41, 5.74) is 0. The highest BCUT2D eigenvalue weighted by Crippen LogP contribution is 2.27. The zero-order valence-corrected chi connectivity index (χ0v) is 13.9. The fourth-order valence-corrected chi connectivity index (χ4v) is 3.85. The summed E-state index contributed by atoms with van der Waals surface area (Å²) >= 11 is 12.0. The molecule has 0 unspecified atom stereocenters. The zero-order chi connectivity index (χ0) is 14.0. The van der Waals surface area contributed by atoms with Crippen LogP contribution in [0.3, 0.4) is 0 Å². The predicted octanol–water partition coefficient (Wildman–Crippen LogP) is 3.46. The van der Waals surface area contributed by atoms with Gasteiger partial charge in [-0.3, -0.25) is 4.72 Å². The fraction of sp³-hybridized carbons (Fsp3) is 0. The highest BCUT2D eigenvalue weighted by molar-refractivity contribution is 9.11. The summed E-state index contributed by atoms with van der Waals surface area (Å²) in [6.07, 6.45) is 0. The Bertz CT molecular complexity index is 707. The molecule has 1 aromatic carbocycles. The molecule has 0 aliphatic rings. The first-order chi connectivity index (χ1) is 8.88. The van der Waals surface area contributed by atoms with Gasteiger partial charge in [0.25, 0.3) is 10.0 Å². The monoisotopic (exact) mass is 425 g/mol. The number of nitrogens with one attached hydrogen (secondary N) is 1. The van der Waals surface area contributed by atoms with Gasteiger partial charge >= 0.3 is 0 Å². The van der Waals surface area contributed by atoms with Gasteiger partial charge in [0.1, 0.15) is 4.90 Å². The Kier molecular flexibility index (Phi) is 4.44. The van der Waals surface area contributed by atoms with Crippen molar-refractivity contribution in [2.24, 2.45) is 0 Å². The van der Waals surface area contributed by atoms with E-state index in [-0.39, 0.29) is 15.9 Å². The minimum atomic E-state index is -3.75. The van der Waals surface area contributed by atoms with E-state index in [1.54, 1.807) is 12.1 Å². The van der Waals surface area contributed by atoms with Crippen molar-refractivity contribution in [3.63, 3.8) is 0 Å². The first kappa shape index (κ1) is 14.7. The van der Waals surface area contributed by atoms with Crippen LogP contribution in [0.2, 0.25) is 5.15 Å². The topological polar surface area (TPSA) is 72.0 Å². The normalized spacial score (nSPS) is 11.3. The van der Waals surface area contributed by atoms with Gasteiger partial charge in [-0.05, 0) is 46.3 Å². The molecule has 0 bridgehead atoms. The molecule has 9 heteroatoms. The van der Waals surface area contributed by atoms with Gasteiger partial charge in [-0.2, -0.15) is 0 Å². The highest BCUT2D eigenvalue weighted by Gasteiger charge is 2.18. The lowest BCUT2D eigenvalue weighted by Gasteiger charge is -2.08. The number of sulfonamides is 1. The minimum Gasteiger partial charge on any atom is -0.262 e. The third-order valence-electron chi connectivity index (χ3n) is 2.05. The van der Waals surface area contributed by atoms with Crippen molar-refractivity contribution in [1.29, 1.82) is 0 Å². The van der Waals surface area contributed by atoms with Crippen LogP contribution in [0.25, 0.3) is 0 Å². The molecule has 0 saturated carbocycles. The quantitative estimate of drug-likeness (QED) is 0.814. The van der Waals surface area contributed by atoms with Gasteiger partial charge in [0.2, 0.25) is 0 Å².